The second-order valence-corrected chi connectivity index (χ2v) is 10.4. The number of hydrogen-bond donors (Lipinski definition) is 0. The molecule has 2 heterocycles. The van der Waals surface area contributed by atoms with Crippen LogP contribution in [-0.4, -0.2) is 18.3 Å². The van der Waals surface area contributed by atoms with Crippen LogP contribution in [0.5, 0.6) is 0 Å². The van der Waals surface area contributed by atoms with E-state index in [1.807, 2.05) is 54.6 Å². The fourth-order valence-electron chi connectivity index (χ4n) is 4.71. The number of benzene rings is 4. The van der Waals surface area contributed by atoms with Gasteiger partial charge < -0.3 is 13.7 Å². The maximum atomic E-state index is 13.1. The molecule has 5 aromatic rings. The van der Waals surface area contributed by atoms with Crippen molar-refractivity contribution < 1.29 is 13.7 Å². The number of para-hydroxylation sites is 1. The van der Waals surface area contributed by atoms with Gasteiger partial charge in [-0.2, -0.15) is 0 Å². The van der Waals surface area contributed by atoms with E-state index in [1.165, 1.54) is 0 Å². The van der Waals surface area contributed by atoms with Gasteiger partial charge in [-0.25, -0.2) is 0 Å². The third kappa shape index (κ3) is 3.76. The van der Waals surface area contributed by atoms with Gasteiger partial charge in [0.15, 0.2) is 0 Å². The zero-order chi connectivity index (χ0) is 25.1. The monoisotopic (exact) mass is 474 g/mol. The topological polar surface area (TPSA) is 48.7 Å². The predicted molar refractivity (Wildman–Crippen MR) is 147 cm³/mol. The summed E-state index contributed by atoms with van der Waals surface area (Å²) in [6.45, 7) is 8.25. The van der Waals surface area contributed by atoms with Crippen LogP contribution in [0.2, 0.25) is 0 Å². The Bertz CT molecular complexity index is 1670. The van der Waals surface area contributed by atoms with Gasteiger partial charge in [-0.1, -0.05) is 60.7 Å². The molecule has 1 aliphatic rings. The standard InChI is InChI=1S/C31H27BO4/c1-30(2)31(3,4)36-32(35-30)24-12-8-11-22(18-24)20-9-7-10-21(17-20)23-15-16-28-26(19-23)29(33)25-13-5-6-14-27(25)34-28/h5-19H,1-4H3. The molecule has 4 nitrogen and oxygen atoms in total. The summed E-state index contributed by atoms with van der Waals surface area (Å²) in [4.78, 5) is 13.1. The lowest BCUT2D eigenvalue weighted by atomic mass is 9.78. The van der Waals surface area contributed by atoms with Crippen LogP contribution < -0.4 is 10.9 Å². The van der Waals surface area contributed by atoms with Gasteiger partial charge in [-0.3, -0.25) is 4.79 Å². The van der Waals surface area contributed by atoms with Crippen molar-refractivity contribution in [3.8, 4) is 22.3 Å². The normalized spacial score (nSPS) is 16.6. The molecule has 36 heavy (non-hydrogen) atoms. The molecule has 1 aliphatic heterocycles. The fourth-order valence-corrected chi connectivity index (χ4v) is 4.71. The molecular formula is C31H27BO4. The molecule has 0 spiro atoms. The second-order valence-electron chi connectivity index (χ2n) is 10.4. The maximum Gasteiger partial charge on any atom is 0.494 e. The quantitative estimate of drug-likeness (QED) is 0.219. The van der Waals surface area contributed by atoms with Crippen LogP contribution in [-0.2, 0) is 9.31 Å². The average molecular weight is 474 g/mol. The molecule has 1 aromatic heterocycles. The minimum absolute atomic E-state index is 0.0139. The lowest BCUT2D eigenvalue weighted by molar-refractivity contribution is 0.00578. The minimum atomic E-state index is -0.410. The predicted octanol–water partition coefficient (Wildman–Crippen LogP) is 6.58. The summed E-state index contributed by atoms with van der Waals surface area (Å²) in [6.07, 6.45) is 0. The van der Waals surface area contributed by atoms with Crippen molar-refractivity contribution in [3.63, 3.8) is 0 Å². The fraction of sp³-hybridized carbons (Fsp3) is 0.194. The molecule has 0 atom stereocenters. The number of rotatable bonds is 3. The van der Waals surface area contributed by atoms with E-state index >= 15 is 0 Å². The van der Waals surface area contributed by atoms with E-state index in [1.54, 1.807) is 6.07 Å². The first kappa shape index (κ1) is 22.8. The first-order chi connectivity index (χ1) is 17.2. The lowest BCUT2D eigenvalue weighted by Gasteiger charge is -2.32. The van der Waals surface area contributed by atoms with Gasteiger partial charge in [0.2, 0.25) is 5.43 Å². The Kier molecular flexibility index (Phi) is 5.18. The van der Waals surface area contributed by atoms with Crippen LogP contribution in [0.25, 0.3) is 44.2 Å². The third-order valence-corrected chi connectivity index (χ3v) is 7.52. The summed E-state index contributed by atoms with van der Waals surface area (Å²) in [5.41, 5.74) is 5.56. The Morgan fingerprint density at radius 2 is 1.17 bits per heavy atom. The van der Waals surface area contributed by atoms with Crippen LogP contribution in [0.3, 0.4) is 0 Å². The Morgan fingerprint density at radius 3 is 1.89 bits per heavy atom. The first-order valence-corrected chi connectivity index (χ1v) is 12.2. The van der Waals surface area contributed by atoms with Gasteiger partial charge in [-0.05, 0) is 85.7 Å². The van der Waals surface area contributed by atoms with Crippen LogP contribution in [0.4, 0.5) is 0 Å². The van der Waals surface area contributed by atoms with E-state index in [-0.39, 0.29) is 16.6 Å². The minimum Gasteiger partial charge on any atom is -0.456 e. The molecule has 0 aliphatic carbocycles. The second kappa shape index (κ2) is 8.19. The molecule has 5 heteroatoms. The van der Waals surface area contributed by atoms with E-state index in [0.29, 0.717) is 21.9 Å². The van der Waals surface area contributed by atoms with Crippen molar-refractivity contribution >= 4 is 34.5 Å². The molecule has 178 valence electrons. The first-order valence-electron chi connectivity index (χ1n) is 12.2. The van der Waals surface area contributed by atoms with E-state index in [2.05, 4.69) is 58.0 Å². The summed E-state index contributed by atoms with van der Waals surface area (Å²) >= 11 is 0. The highest BCUT2D eigenvalue weighted by molar-refractivity contribution is 6.62. The largest absolute Gasteiger partial charge is 0.494 e. The van der Waals surface area contributed by atoms with Crippen LogP contribution in [0.15, 0.2) is 100 Å². The van der Waals surface area contributed by atoms with E-state index < -0.39 is 7.12 Å². The third-order valence-electron chi connectivity index (χ3n) is 7.52. The van der Waals surface area contributed by atoms with Gasteiger partial charge in [0, 0.05) is 0 Å². The van der Waals surface area contributed by atoms with Crippen molar-refractivity contribution in [2.75, 3.05) is 0 Å². The van der Waals surface area contributed by atoms with Gasteiger partial charge >= 0.3 is 7.12 Å². The molecule has 0 saturated carbocycles. The van der Waals surface area contributed by atoms with Crippen LogP contribution in [0.1, 0.15) is 27.7 Å². The van der Waals surface area contributed by atoms with E-state index in [0.717, 1.165) is 27.7 Å². The van der Waals surface area contributed by atoms with Crippen molar-refractivity contribution in [3.05, 3.63) is 101 Å². The Balaban J connectivity index is 1.38. The Labute approximate surface area is 210 Å². The number of fused-ring (bicyclic) bond motifs is 2. The molecule has 6 rings (SSSR count). The summed E-state index contributed by atoms with van der Waals surface area (Å²) in [6, 6.07) is 29.8. The molecule has 0 bridgehead atoms. The lowest BCUT2D eigenvalue weighted by Crippen LogP contribution is -2.41. The SMILES string of the molecule is CC1(C)OB(c2cccc(-c3cccc(-c4ccc5oc6ccccc6c(=O)c5c4)c3)c2)OC1(C)C. The Hall–Kier alpha value is -3.67. The molecule has 1 fully saturated rings. The zero-order valence-electron chi connectivity index (χ0n) is 20.9. The maximum absolute atomic E-state index is 13.1. The molecule has 1 saturated heterocycles. The summed E-state index contributed by atoms with van der Waals surface area (Å²) in [7, 11) is -0.410. The summed E-state index contributed by atoms with van der Waals surface area (Å²) < 4.78 is 18.5. The number of hydrogen-bond acceptors (Lipinski definition) is 4. The Morgan fingerprint density at radius 1 is 0.583 bits per heavy atom. The van der Waals surface area contributed by atoms with Crippen molar-refractivity contribution in [1.29, 1.82) is 0 Å². The molecule has 0 radical (unpaired) electrons. The van der Waals surface area contributed by atoms with Crippen LogP contribution >= 0.6 is 0 Å². The van der Waals surface area contributed by atoms with Gasteiger partial charge in [0.05, 0.1) is 22.0 Å². The molecule has 0 N–H and O–H groups in total. The average Bonchev–Trinajstić information content (AvgIpc) is 3.11. The highest BCUT2D eigenvalue weighted by Crippen LogP contribution is 2.37. The zero-order valence-corrected chi connectivity index (χ0v) is 20.9. The molecular weight excluding hydrogens is 447 g/mol. The van der Waals surface area contributed by atoms with Gasteiger partial charge in [0.1, 0.15) is 11.2 Å². The molecule has 0 amide bonds. The van der Waals surface area contributed by atoms with Crippen molar-refractivity contribution in [1.82, 2.24) is 0 Å². The molecule has 0 unspecified atom stereocenters. The van der Waals surface area contributed by atoms with E-state index in [4.69, 9.17) is 13.7 Å². The van der Waals surface area contributed by atoms with Crippen molar-refractivity contribution in [2.24, 2.45) is 0 Å². The summed E-state index contributed by atoms with van der Waals surface area (Å²) in [5, 5.41) is 1.18. The van der Waals surface area contributed by atoms with Gasteiger partial charge in [0.25, 0.3) is 0 Å². The van der Waals surface area contributed by atoms with Crippen LogP contribution in [0, 0.1) is 0 Å². The van der Waals surface area contributed by atoms with E-state index in [9.17, 15) is 4.79 Å². The highest BCUT2D eigenvalue weighted by Gasteiger charge is 2.51. The highest BCUT2D eigenvalue weighted by atomic mass is 16.7. The van der Waals surface area contributed by atoms with Gasteiger partial charge in [-0.15, -0.1) is 0 Å². The molecule has 4 aromatic carbocycles. The smallest absolute Gasteiger partial charge is 0.456 e. The summed E-state index contributed by atoms with van der Waals surface area (Å²) in [5.74, 6) is 0. The van der Waals surface area contributed by atoms with Crippen molar-refractivity contribution in [2.45, 2.75) is 38.9 Å².